The summed E-state index contributed by atoms with van der Waals surface area (Å²) >= 11 is 0. The van der Waals surface area contributed by atoms with Crippen LogP contribution in [0.3, 0.4) is 0 Å². The molecule has 3 nitrogen and oxygen atoms in total. The Morgan fingerprint density at radius 2 is 1.71 bits per heavy atom. The number of benzene rings is 1. The van der Waals surface area contributed by atoms with Gasteiger partial charge in [-0.2, -0.15) is 0 Å². The highest BCUT2D eigenvalue weighted by atomic mass is 32.2. The maximum atomic E-state index is 11.1. The first kappa shape index (κ1) is 11.2. The van der Waals surface area contributed by atoms with Crippen LogP contribution in [0.25, 0.3) is 0 Å². The average molecular weight is 212 g/mol. The lowest BCUT2D eigenvalue weighted by molar-refractivity contribution is 0.544. The van der Waals surface area contributed by atoms with Gasteiger partial charge in [0.05, 0.1) is 4.75 Å². The van der Waals surface area contributed by atoms with Gasteiger partial charge in [0.15, 0.2) is 0 Å². The predicted octanol–water partition coefficient (Wildman–Crippen LogP) is 1.62. The number of hydrogen-bond donors (Lipinski definition) is 0. The second-order valence-corrected chi connectivity index (χ2v) is 6.04. The van der Waals surface area contributed by atoms with Gasteiger partial charge in [0.2, 0.25) is 10.0 Å². The topological polar surface area (TPSA) is 57.9 Å². The zero-order chi connectivity index (χ0) is 10.8. The predicted molar refractivity (Wildman–Crippen MR) is 56.2 cm³/mol. The van der Waals surface area contributed by atoms with Crippen molar-refractivity contribution in [2.24, 2.45) is 0 Å². The zero-order valence-electron chi connectivity index (χ0n) is 8.32. The van der Waals surface area contributed by atoms with Gasteiger partial charge in [0.1, 0.15) is 0 Å². The van der Waals surface area contributed by atoms with Crippen molar-refractivity contribution in [3.8, 4) is 0 Å². The van der Waals surface area contributed by atoms with E-state index in [1.165, 1.54) is 0 Å². The number of sulfonamides is 1. The van der Waals surface area contributed by atoms with E-state index in [1.54, 1.807) is 13.8 Å². The fourth-order valence-corrected chi connectivity index (χ4v) is 1.54. The van der Waals surface area contributed by atoms with Crippen molar-refractivity contribution < 1.29 is 8.42 Å². The van der Waals surface area contributed by atoms with Gasteiger partial charge in [0.25, 0.3) is 0 Å². The van der Waals surface area contributed by atoms with Crippen LogP contribution in [0.2, 0.25) is 0 Å². The van der Waals surface area contributed by atoms with E-state index >= 15 is 0 Å². The van der Waals surface area contributed by atoms with Crippen LogP contribution < -0.4 is 5.14 Å². The number of rotatable bonds is 3. The van der Waals surface area contributed by atoms with Crippen LogP contribution in [0.15, 0.2) is 30.3 Å². The smallest absolute Gasteiger partial charge is 0.211 e. The summed E-state index contributed by atoms with van der Waals surface area (Å²) < 4.78 is 21.2. The molecule has 14 heavy (non-hydrogen) atoms. The van der Waals surface area contributed by atoms with Gasteiger partial charge >= 0.3 is 0 Å². The summed E-state index contributed by atoms with van der Waals surface area (Å²) in [6, 6.07) is 9.34. The Balaban J connectivity index is 2.90. The second-order valence-electron chi connectivity index (χ2n) is 3.93. The highest BCUT2D eigenvalue weighted by molar-refractivity contribution is 7.90. The van der Waals surface area contributed by atoms with Crippen LogP contribution in [-0.2, 0) is 16.4 Å². The molecule has 1 N–H and O–H groups in total. The van der Waals surface area contributed by atoms with Gasteiger partial charge in [-0.05, 0) is 25.8 Å². The molecule has 0 fully saturated rings. The molecule has 0 amide bonds. The molecule has 0 spiro atoms. The van der Waals surface area contributed by atoms with Crippen LogP contribution >= 0.6 is 0 Å². The molecule has 1 aromatic rings. The highest BCUT2D eigenvalue weighted by Gasteiger charge is 2.31. The van der Waals surface area contributed by atoms with Crippen LogP contribution in [0.4, 0.5) is 0 Å². The Hall–Kier alpha value is -0.870. The summed E-state index contributed by atoms with van der Waals surface area (Å²) in [4.78, 5) is 0. The molecule has 0 saturated carbocycles. The fourth-order valence-electron chi connectivity index (χ4n) is 1.18. The number of hydrogen-bond acceptors (Lipinski definition) is 2. The Morgan fingerprint density at radius 3 is 2.14 bits per heavy atom. The van der Waals surface area contributed by atoms with Gasteiger partial charge in [0, 0.05) is 0 Å². The summed E-state index contributed by atoms with van der Waals surface area (Å²) in [6.45, 7) is 3.14. The Morgan fingerprint density at radius 1 is 1.21 bits per heavy atom. The van der Waals surface area contributed by atoms with E-state index in [1.807, 2.05) is 30.3 Å². The first-order valence-electron chi connectivity index (χ1n) is 4.36. The zero-order valence-corrected chi connectivity index (χ0v) is 9.14. The quantitative estimate of drug-likeness (QED) is 0.764. The Bertz CT molecular complexity index is 395. The molecular formula is C10H14NO2S. The molecule has 0 aliphatic carbocycles. The van der Waals surface area contributed by atoms with Gasteiger partial charge in [-0.3, -0.25) is 0 Å². The van der Waals surface area contributed by atoms with Crippen LogP contribution in [0.5, 0.6) is 0 Å². The molecule has 77 valence electrons. The first-order valence-corrected chi connectivity index (χ1v) is 5.84. The highest BCUT2D eigenvalue weighted by Crippen LogP contribution is 2.20. The lowest BCUT2D eigenvalue weighted by atomic mass is 10.0. The molecule has 1 aromatic carbocycles. The van der Waals surface area contributed by atoms with Gasteiger partial charge in [-0.1, -0.05) is 30.3 Å². The first-order chi connectivity index (χ1) is 6.33. The van der Waals surface area contributed by atoms with Crippen molar-refractivity contribution in [1.82, 2.24) is 5.14 Å². The standard InChI is InChI=1S/C10H14NO2S/c1-10(2,14(11,12)13)8-9-6-4-3-5-7-9/h3-7,11H,8H2,1-2H3. The minimum atomic E-state index is -3.75. The van der Waals surface area contributed by atoms with E-state index in [-0.39, 0.29) is 0 Å². The third-order valence-electron chi connectivity index (χ3n) is 2.20. The molecule has 0 aromatic heterocycles. The third-order valence-corrected chi connectivity index (χ3v) is 3.80. The molecule has 1 rings (SSSR count). The van der Waals surface area contributed by atoms with Crippen LogP contribution in [-0.4, -0.2) is 13.2 Å². The summed E-state index contributed by atoms with van der Waals surface area (Å²) in [5.41, 5.74) is 0.938. The summed E-state index contributed by atoms with van der Waals surface area (Å²) in [7, 11) is -3.75. The second kappa shape index (κ2) is 3.71. The van der Waals surface area contributed by atoms with Gasteiger partial charge in [-0.15, -0.1) is 5.14 Å². The summed E-state index contributed by atoms with van der Waals surface area (Å²) in [5, 5.41) is 7.06. The van der Waals surface area contributed by atoms with E-state index < -0.39 is 14.8 Å². The van der Waals surface area contributed by atoms with E-state index in [0.29, 0.717) is 6.42 Å². The van der Waals surface area contributed by atoms with Crippen molar-refractivity contribution in [1.29, 1.82) is 0 Å². The van der Waals surface area contributed by atoms with Crippen molar-refractivity contribution in [2.75, 3.05) is 0 Å². The maximum absolute atomic E-state index is 11.1. The average Bonchev–Trinajstić information content (AvgIpc) is 2.03. The Labute approximate surface area is 85.0 Å². The van der Waals surface area contributed by atoms with Crippen molar-refractivity contribution in [3.63, 3.8) is 0 Å². The third kappa shape index (κ3) is 2.56. The molecule has 0 heterocycles. The van der Waals surface area contributed by atoms with Crippen LogP contribution in [0.1, 0.15) is 19.4 Å². The minimum Gasteiger partial charge on any atom is -0.211 e. The molecule has 0 bridgehead atoms. The molecule has 1 radical (unpaired) electrons. The van der Waals surface area contributed by atoms with Crippen LogP contribution in [0, 0.1) is 0 Å². The summed E-state index contributed by atoms with van der Waals surface area (Å²) in [6.07, 6.45) is 0.375. The molecule has 0 unspecified atom stereocenters. The molecule has 0 aliphatic rings. The normalized spacial score (nSPS) is 12.8. The van der Waals surface area contributed by atoms with E-state index in [2.05, 4.69) is 0 Å². The molecule has 4 heteroatoms. The van der Waals surface area contributed by atoms with Crippen molar-refractivity contribution in [3.05, 3.63) is 35.9 Å². The van der Waals surface area contributed by atoms with Gasteiger partial charge in [-0.25, -0.2) is 8.42 Å². The molecule has 0 atom stereocenters. The Kier molecular flexibility index (Phi) is 2.97. The fraction of sp³-hybridized carbons (Fsp3) is 0.400. The number of nitrogens with one attached hydrogen (secondary N) is 1. The molecule has 0 aliphatic heterocycles. The van der Waals surface area contributed by atoms with Crippen molar-refractivity contribution >= 4 is 10.0 Å². The summed E-state index contributed by atoms with van der Waals surface area (Å²) in [5.74, 6) is 0. The lowest BCUT2D eigenvalue weighted by Crippen LogP contribution is -2.34. The lowest BCUT2D eigenvalue weighted by Gasteiger charge is -2.20. The van der Waals surface area contributed by atoms with Gasteiger partial charge < -0.3 is 0 Å². The largest absolute Gasteiger partial charge is 0.230 e. The molecular weight excluding hydrogens is 198 g/mol. The van der Waals surface area contributed by atoms with Crippen molar-refractivity contribution in [2.45, 2.75) is 25.0 Å². The van der Waals surface area contributed by atoms with E-state index in [9.17, 15) is 8.42 Å². The SMILES string of the molecule is CC(C)(Cc1ccccc1)S([NH])(=O)=O. The molecule has 0 saturated heterocycles. The minimum absolute atomic E-state index is 0.375. The van der Waals surface area contributed by atoms with E-state index in [4.69, 9.17) is 5.14 Å². The monoisotopic (exact) mass is 212 g/mol. The maximum Gasteiger partial charge on any atom is 0.230 e. The van der Waals surface area contributed by atoms with E-state index in [0.717, 1.165) is 5.56 Å².